The van der Waals surface area contributed by atoms with Crippen molar-refractivity contribution >= 4 is 38.4 Å². The van der Waals surface area contributed by atoms with Gasteiger partial charge in [0.15, 0.2) is 0 Å². The van der Waals surface area contributed by atoms with E-state index in [4.69, 9.17) is 0 Å². The molecule has 0 unspecified atom stereocenters. The third-order valence-electron chi connectivity index (χ3n) is 3.40. The molecule has 1 aromatic heterocycles. The average Bonchev–Trinajstić information content (AvgIpc) is 2.50. The number of amides is 1. The van der Waals surface area contributed by atoms with Gasteiger partial charge in [-0.05, 0) is 48.9 Å². The Morgan fingerprint density at radius 2 is 2.05 bits per heavy atom. The SMILES string of the molecule is Cc1ccc(NC(=O)c2ccc(Br)cc2F)c2cccnc12. The van der Waals surface area contributed by atoms with Gasteiger partial charge >= 0.3 is 0 Å². The highest BCUT2D eigenvalue weighted by molar-refractivity contribution is 9.10. The van der Waals surface area contributed by atoms with E-state index in [1.54, 1.807) is 24.4 Å². The summed E-state index contributed by atoms with van der Waals surface area (Å²) in [6.07, 6.45) is 1.70. The van der Waals surface area contributed by atoms with Crippen molar-refractivity contribution < 1.29 is 9.18 Å². The Hall–Kier alpha value is -2.27. The molecule has 0 saturated heterocycles. The van der Waals surface area contributed by atoms with Crippen molar-refractivity contribution in [1.29, 1.82) is 0 Å². The fraction of sp³-hybridized carbons (Fsp3) is 0.0588. The summed E-state index contributed by atoms with van der Waals surface area (Å²) in [5.41, 5.74) is 2.45. The topological polar surface area (TPSA) is 42.0 Å². The van der Waals surface area contributed by atoms with Crippen LogP contribution in [0.4, 0.5) is 10.1 Å². The van der Waals surface area contributed by atoms with Gasteiger partial charge in [0.05, 0.1) is 16.8 Å². The molecule has 110 valence electrons. The summed E-state index contributed by atoms with van der Waals surface area (Å²) in [4.78, 5) is 16.6. The molecule has 0 spiro atoms. The van der Waals surface area contributed by atoms with Crippen molar-refractivity contribution in [3.05, 3.63) is 70.1 Å². The van der Waals surface area contributed by atoms with Crippen molar-refractivity contribution in [2.45, 2.75) is 6.92 Å². The van der Waals surface area contributed by atoms with Gasteiger partial charge in [0, 0.05) is 16.1 Å². The highest BCUT2D eigenvalue weighted by Crippen LogP contribution is 2.25. The largest absolute Gasteiger partial charge is 0.321 e. The molecular formula is C17H12BrFN2O. The molecule has 0 aliphatic rings. The van der Waals surface area contributed by atoms with Crippen LogP contribution >= 0.6 is 15.9 Å². The van der Waals surface area contributed by atoms with Crippen LogP contribution in [0.25, 0.3) is 10.9 Å². The van der Waals surface area contributed by atoms with E-state index in [9.17, 15) is 9.18 Å². The molecular weight excluding hydrogens is 347 g/mol. The minimum Gasteiger partial charge on any atom is -0.321 e. The highest BCUT2D eigenvalue weighted by Gasteiger charge is 2.14. The molecule has 0 fully saturated rings. The number of rotatable bonds is 2. The number of hydrogen-bond acceptors (Lipinski definition) is 2. The molecule has 0 aliphatic heterocycles. The number of aromatic nitrogens is 1. The first kappa shape index (κ1) is 14.7. The Morgan fingerprint density at radius 3 is 2.82 bits per heavy atom. The van der Waals surface area contributed by atoms with Crippen molar-refractivity contribution in [1.82, 2.24) is 4.98 Å². The number of nitrogens with one attached hydrogen (secondary N) is 1. The van der Waals surface area contributed by atoms with Crippen LogP contribution < -0.4 is 5.32 Å². The van der Waals surface area contributed by atoms with E-state index in [0.29, 0.717) is 10.2 Å². The third-order valence-corrected chi connectivity index (χ3v) is 3.89. The number of hydrogen-bond donors (Lipinski definition) is 1. The Labute approximate surface area is 135 Å². The lowest BCUT2D eigenvalue weighted by molar-refractivity contribution is 0.102. The Balaban J connectivity index is 2.00. The van der Waals surface area contributed by atoms with Crippen molar-refractivity contribution in [3.8, 4) is 0 Å². The van der Waals surface area contributed by atoms with Gasteiger partial charge in [-0.15, -0.1) is 0 Å². The molecule has 3 rings (SSSR count). The smallest absolute Gasteiger partial charge is 0.258 e. The fourth-order valence-electron chi connectivity index (χ4n) is 2.29. The maximum absolute atomic E-state index is 13.9. The molecule has 2 aromatic carbocycles. The number of aryl methyl sites for hydroxylation is 1. The number of halogens is 2. The zero-order chi connectivity index (χ0) is 15.7. The lowest BCUT2D eigenvalue weighted by Crippen LogP contribution is -2.14. The molecule has 1 heterocycles. The van der Waals surface area contributed by atoms with E-state index in [1.165, 1.54) is 12.1 Å². The van der Waals surface area contributed by atoms with Crippen LogP contribution in [-0.2, 0) is 0 Å². The second kappa shape index (κ2) is 5.85. The van der Waals surface area contributed by atoms with Crippen LogP contribution in [-0.4, -0.2) is 10.9 Å². The van der Waals surface area contributed by atoms with Crippen LogP contribution in [0.2, 0.25) is 0 Å². The maximum Gasteiger partial charge on any atom is 0.258 e. The summed E-state index contributed by atoms with van der Waals surface area (Å²) in [5, 5.41) is 3.58. The van der Waals surface area contributed by atoms with Crippen molar-refractivity contribution in [2.75, 3.05) is 5.32 Å². The normalized spacial score (nSPS) is 10.7. The Kier molecular flexibility index (Phi) is 3.90. The molecule has 1 N–H and O–H groups in total. The van der Waals surface area contributed by atoms with Gasteiger partial charge in [-0.2, -0.15) is 0 Å². The molecule has 1 amide bonds. The van der Waals surface area contributed by atoms with Crippen LogP contribution in [0.15, 0.2) is 53.1 Å². The summed E-state index contributed by atoms with van der Waals surface area (Å²) in [6, 6.07) is 11.7. The predicted molar refractivity (Wildman–Crippen MR) is 88.5 cm³/mol. The van der Waals surface area contributed by atoms with Gasteiger partial charge in [-0.25, -0.2) is 4.39 Å². The standard InChI is InChI=1S/C17H12BrFN2O/c1-10-4-7-15(13-3-2-8-20-16(10)13)21-17(22)12-6-5-11(18)9-14(12)19/h2-9H,1H3,(H,21,22). The number of nitrogens with zero attached hydrogens (tertiary/aromatic N) is 1. The lowest BCUT2D eigenvalue weighted by atomic mass is 10.1. The molecule has 0 saturated carbocycles. The second-order valence-corrected chi connectivity index (χ2v) is 5.82. The first-order valence-corrected chi connectivity index (χ1v) is 7.46. The molecule has 3 nitrogen and oxygen atoms in total. The van der Waals surface area contributed by atoms with Crippen LogP contribution in [0.5, 0.6) is 0 Å². The highest BCUT2D eigenvalue weighted by atomic mass is 79.9. The minimum absolute atomic E-state index is 0.000755. The number of benzene rings is 2. The summed E-state index contributed by atoms with van der Waals surface area (Å²) < 4.78 is 14.5. The van der Waals surface area contributed by atoms with Gasteiger partial charge in [0.2, 0.25) is 0 Å². The zero-order valence-corrected chi connectivity index (χ0v) is 13.3. The van der Waals surface area contributed by atoms with Crippen molar-refractivity contribution in [2.24, 2.45) is 0 Å². The monoisotopic (exact) mass is 358 g/mol. The van der Waals surface area contributed by atoms with E-state index in [2.05, 4.69) is 26.2 Å². The summed E-state index contributed by atoms with van der Waals surface area (Å²) in [6.45, 7) is 1.95. The number of anilines is 1. The van der Waals surface area contributed by atoms with E-state index in [-0.39, 0.29) is 5.56 Å². The summed E-state index contributed by atoms with van der Waals surface area (Å²) >= 11 is 3.17. The van der Waals surface area contributed by atoms with E-state index in [0.717, 1.165) is 16.5 Å². The summed E-state index contributed by atoms with van der Waals surface area (Å²) in [5.74, 6) is -1.06. The fourth-order valence-corrected chi connectivity index (χ4v) is 2.62. The second-order valence-electron chi connectivity index (χ2n) is 4.91. The Morgan fingerprint density at radius 1 is 1.23 bits per heavy atom. The van der Waals surface area contributed by atoms with Crippen LogP contribution in [0.1, 0.15) is 15.9 Å². The average molecular weight is 359 g/mol. The molecule has 0 atom stereocenters. The van der Waals surface area contributed by atoms with Gasteiger partial charge in [-0.3, -0.25) is 9.78 Å². The maximum atomic E-state index is 13.9. The third kappa shape index (κ3) is 2.72. The number of pyridine rings is 1. The van der Waals surface area contributed by atoms with Gasteiger partial charge in [-0.1, -0.05) is 22.0 Å². The minimum atomic E-state index is -0.568. The van der Waals surface area contributed by atoms with E-state index in [1.807, 2.05) is 19.1 Å². The van der Waals surface area contributed by atoms with Crippen molar-refractivity contribution in [3.63, 3.8) is 0 Å². The van der Waals surface area contributed by atoms with Crippen LogP contribution in [0.3, 0.4) is 0 Å². The van der Waals surface area contributed by atoms with Gasteiger partial charge in [0.1, 0.15) is 5.82 Å². The molecule has 5 heteroatoms. The lowest BCUT2D eigenvalue weighted by Gasteiger charge is -2.10. The molecule has 22 heavy (non-hydrogen) atoms. The van der Waals surface area contributed by atoms with Crippen LogP contribution in [0, 0.1) is 12.7 Å². The van der Waals surface area contributed by atoms with E-state index < -0.39 is 11.7 Å². The zero-order valence-electron chi connectivity index (χ0n) is 11.7. The molecule has 0 aliphatic carbocycles. The first-order chi connectivity index (χ1) is 10.6. The summed E-state index contributed by atoms with van der Waals surface area (Å²) in [7, 11) is 0. The van der Waals surface area contributed by atoms with Gasteiger partial charge < -0.3 is 5.32 Å². The molecule has 0 bridgehead atoms. The molecule has 3 aromatic rings. The Bertz CT molecular complexity index is 880. The first-order valence-electron chi connectivity index (χ1n) is 6.67. The predicted octanol–water partition coefficient (Wildman–Crippen LogP) is 4.70. The number of carbonyl (C=O) groups is 1. The van der Waals surface area contributed by atoms with Gasteiger partial charge in [0.25, 0.3) is 5.91 Å². The van der Waals surface area contributed by atoms with E-state index >= 15 is 0 Å². The molecule has 0 radical (unpaired) electrons. The quantitative estimate of drug-likeness (QED) is 0.721. The number of fused-ring (bicyclic) bond motifs is 1. The number of carbonyl (C=O) groups excluding carboxylic acids is 1.